The predicted molar refractivity (Wildman–Crippen MR) is 125 cm³/mol. The Morgan fingerprint density at radius 1 is 1.23 bits per heavy atom. The minimum Gasteiger partial charge on any atom is -0.482 e. The van der Waals surface area contributed by atoms with Crippen LogP contribution in [0.25, 0.3) is 5.57 Å². The minimum atomic E-state index is -0.865. The highest BCUT2D eigenvalue weighted by Crippen LogP contribution is 2.48. The monoisotopic (exact) mass is 522 g/mol. The number of benzene rings is 2. The Labute approximate surface area is 199 Å². The summed E-state index contributed by atoms with van der Waals surface area (Å²) in [6.07, 6.45) is 0.964. The third-order valence-electron chi connectivity index (χ3n) is 5.77. The van der Waals surface area contributed by atoms with E-state index < -0.39 is 5.54 Å². The van der Waals surface area contributed by atoms with Crippen LogP contribution in [0.15, 0.2) is 52.8 Å². The number of rotatable bonds is 5. The molecule has 2 heterocycles. The average molecular weight is 524 g/mol. The van der Waals surface area contributed by atoms with E-state index in [1.54, 1.807) is 25.3 Å². The number of nitrogens with zero attached hydrogens (tertiary/aromatic N) is 1. The molecule has 8 heteroatoms. The molecule has 1 fully saturated rings. The molecule has 2 aromatic rings. The van der Waals surface area contributed by atoms with E-state index >= 15 is 0 Å². The molecule has 0 aromatic heterocycles. The van der Waals surface area contributed by atoms with E-state index in [2.05, 4.69) is 21.2 Å². The zero-order valence-electron chi connectivity index (χ0n) is 17.0. The van der Waals surface area contributed by atoms with Crippen LogP contribution in [-0.2, 0) is 20.7 Å². The molecule has 0 spiro atoms. The summed E-state index contributed by atoms with van der Waals surface area (Å²) in [7, 11) is 1.55. The van der Waals surface area contributed by atoms with Gasteiger partial charge in [-0.15, -0.1) is 0 Å². The number of carbonyl (C=O) groups excluding carboxylic acids is 2. The molecule has 0 saturated carbocycles. The first-order chi connectivity index (χ1) is 14.7. The van der Waals surface area contributed by atoms with Gasteiger partial charge in [0.1, 0.15) is 5.54 Å². The first-order valence-corrected chi connectivity index (χ1v) is 11.4. The summed E-state index contributed by atoms with van der Waals surface area (Å²) in [4.78, 5) is 27.7. The van der Waals surface area contributed by atoms with Gasteiger partial charge in [0.25, 0.3) is 0 Å². The third kappa shape index (κ3) is 4.09. The number of hydrogen-bond donors (Lipinski definition) is 1. The van der Waals surface area contributed by atoms with Crippen molar-refractivity contribution < 1.29 is 14.3 Å². The summed E-state index contributed by atoms with van der Waals surface area (Å²) in [6, 6.07) is 12.8. The van der Waals surface area contributed by atoms with Crippen molar-refractivity contribution in [3.8, 4) is 0 Å². The van der Waals surface area contributed by atoms with E-state index in [1.807, 2.05) is 29.2 Å². The Bertz CT molecular complexity index is 1070. The summed E-state index contributed by atoms with van der Waals surface area (Å²) < 4.78 is 6.72. The molecule has 2 aliphatic rings. The van der Waals surface area contributed by atoms with Crippen molar-refractivity contribution in [2.24, 2.45) is 0 Å². The molecule has 31 heavy (non-hydrogen) atoms. The lowest BCUT2D eigenvalue weighted by Crippen LogP contribution is -2.47. The quantitative estimate of drug-likeness (QED) is 0.609. The Hall–Kier alpha value is -2.02. The lowest BCUT2D eigenvalue weighted by molar-refractivity contribution is -0.122. The maximum Gasteiger partial charge on any atom is 0.217 e. The molecule has 1 amide bonds. The molecule has 0 aliphatic carbocycles. The maximum atomic E-state index is 14.0. The zero-order chi connectivity index (χ0) is 22.3. The van der Waals surface area contributed by atoms with Crippen molar-refractivity contribution in [1.29, 1.82) is 0 Å². The Kier molecular flexibility index (Phi) is 6.08. The van der Waals surface area contributed by atoms with Crippen LogP contribution in [-0.4, -0.2) is 41.8 Å². The van der Waals surface area contributed by atoms with Crippen LogP contribution in [0.5, 0.6) is 0 Å². The number of fused-ring (bicyclic) bond motifs is 1. The van der Waals surface area contributed by atoms with Gasteiger partial charge in [0.15, 0.2) is 5.78 Å². The molecule has 162 valence electrons. The van der Waals surface area contributed by atoms with Crippen LogP contribution in [0.2, 0.25) is 10.0 Å². The van der Waals surface area contributed by atoms with E-state index in [0.717, 1.165) is 10.0 Å². The number of ketones is 1. The average Bonchev–Trinajstić information content (AvgIpc) is 3.13. The molecular weight excluding hydrogens is 503 g/mol. The standard InChI is InChI=1S/C23H21BrCl2N2O3/c1-13(29)27-19-11-23(10-14-3-5-16(24)6-4-14)21(30)20(22(31-2)28(23)12-19)15-7-17(25)9-18(26)8-15/h3-9,19H,10-12H2,1-2H3,(H,27,29)/t19-,23+/m0/s1. The van der Waals surface area contributed by atoms with Gasteiger partial charge in [0.2, 0.25) is 11.8 Å². The zero-order valence-corrected chi connectivity index (χ0v) is 20.1. The van der Waals surface area contributed by atoms with Crippen molar-refractivity contribution >= 4 is 56.4 Å². The van der Waals surface area contributed by atoms with E-state index in [9.17, 15) is 9.59 Å². The highest BCUT2D eigenvalue weighted by molar-refractivity contribution is 9.10. The largest absolute Gasteiger partial charge is 0.482 e. The van der Waals surface area contributed by atoms with E-state index in [1.165, 1.54) is 6.92 Å². The number of ether oxygens (including phenoxy) is 1. The Balaban J connectivity index is 1.81. The molecular formula is C23H21BrCl2N2O3. The number of methoxy groups -OCH3 is 1. The van der Waals surface area contributed by atoms with Gasteiger partial charge in [-0.05, 0) is 41.5 Å². The number of carbonyl (C=O) groups is 2. The van der Waals surface area contributed by atoms with Crippen molar-refractivity contribution in [2.45, 2.75) is 31.3 Å². The van der Waals surface area contributed by atoms with E-state index in [-0.39, 0.29) is 17.7 Å². The molecule has 1 N–H and O–H groups in total. The second kappa shape index (κ2) is 8.49. The van der Waals surface area contributed by atoms with Gasteiger partial charge >= 0.3 is 0 Å². The molecule has 2 aromatic carbocycles. The van der Waals surface area contributed by atoms with Crippen molar-refractivity contribution in [3.05, 3.63) is 74.0 Å². The summed E-state index contributed by atoms with van der Waals surface area (Å²) >= 11 is 15.9. The first-order valence-electron chi connectivity index (χ1n) is 9.82. The third-order valence-corrected chi connectivity index (χ3v) is 6.74. The normalized spacial score (nSPS) is 22.7. The minimum absolute atomic E-state index is 0.0570. The highest BCUT2D eigenvalue weighted by Gasteiger charge is 2.59. The van der Waals surface area contributed by atoms with Crippen LogP contribution in [0, 0.1) is 0 Å². The molecule has 0 radical (unpaired) electrons. The molecule has 5 nitrogen and oxygen atoms in total. The van der Waals surface area contributed by atoms with Gasteiger partial charge in [0, 0.05) is 46.9 Å². The fourth-order valence-corrected chi connectivity index (χ4v) is 5.46. The van der Waals surface area contributed by atoms with Crippen LogP contribution in [0.1, 0.15) is 24.5 Å². The van der Waals surface area contributed by atoms with Crippen molar-refractivity contribution in [3.63, 3.8) is 0 Å². The molecule has 0 bridgehead atoms. The summed E-state index contributed by atoms with van der Waals surface area (Å²) in [5.41, 5.74) is 1.24. The summed E-state index contributed by atoms with van der Waals surface area (Å²) in [5, 5.41) is 3.86. The fraction of sp³-hybridized carbons (Fsp3) is 0.304. The second-order valence-electron chi connectivity index (χ2n) is 7.92. The van der Waals surface area contributed by atoms with Gasteiger partial charge in [-0.25, -0.2) is 0 Å². The van der Waals surface area contributed by atoms with Crippen LogP contribution in [0.3, 0.4) is 0 Å². The Morgan fingerprint density at radius 2 is 1.87 bits per heavy atom. The highest BCUT2D eigenvalue weighted by atomic mass is 79.9. The number of hydrogen-bond acceptors (Lipinski definition) is 4. The van der Waals surface area contributed by atoms with Gasteiger partial charge in [0.05, 0.1) is 12.7 Å². The van der Waals surface area contributed by atoms with Crippen molar-refractivity contribution in [1.82, 2.24) is 10.2 Å². The van der Waals surface area contributed by atoms with E-state index in [0.29, 0.717) is 46.5 Å². The van der Waals surface area contributed by atoms with Gasteiger partial charge in [-0.3, -0.25) is 9.59 Å². The number of Topliss-reactive ketones (excluding diaryl/α,β-unsaturated/α-hetero) is 1. The van der Waals surface area contributed by atoms with Crippen LogP contribution >= 0.6 is 39.1 Å². The van der Waals surface area contributed by atoms with Crippen LogP contribution < -0.4 is 5.32 Å². The topological polar surface area (TPSA) is 58.6 Å². The summed E-state index contributed by atoms with van der Waals surface area (Å²) in [5.74, 6) is 0.300. The lowest BCUT2D eigenvalue weighted by atomic mass is 9.81. The van der Waals surface area contributed by atoms with Gasteiger partial charge in [-0.2, -0.15) is 0 Å². The fourth-order valence-electron chi connectivity index (χ4n) is 4.67. The van der Waals surface area contributed by atoms with Gasteiger partial charge < -0.3 is 15.0 Å². The van der Waals surface area contributed by atoms with Crippen LogP contribution in [0.4, 0.5) is 0 Å². The molecule has 2 atom stereocenters. The molecule has 2 aliphatic heterocycles. The summed E-state index contributed by atoms with van der Waals surface area (Å²) in [6.45, 7) is 1.96. The smallest absolute Gasteiger partial charge is 0.217 e. The SMILES string of the molecule is COC1=C(c2cc(Cl)cc(Cl)c2)C(=O)[C@@]2(Cc3ccc(Br)cc3)C[C@H](NC(C)=O)CN12. The number of nitrogens with one attached hydrogen (secondary N) is 1. The Morgan fingerprint density at radius 3 is 2.45 bits per heavy atom. The number of halogens is 3. The van der Waals surface area contributed by atoms with Crippen molar-refractivity contribution in [2.75, 3.05) is 13.7 Å². The lowest BCUT2D eigenvalue weighted by Gasteiger charge is -2.32. The maximum absolute atomic E-state index is 14.0. The molecule has 1 saturated heterocycles. The number of amides is 1. The van der Waals surface area contributed by atoms with Gasteiger partial charge in [-0.1, -0.05) is 51.3 Å². The molecule has 0 unspecified atom stereocenters. The van der Waals surface area contributed by atoms with E-state index in [4.69, 9.17) is 27.9 Å². The second-order valence-corrected chi connectivity index (χ2v) is 9.71. The first kappa shape index (κ1) is 22.2. The molecule has 4 rings (SSSR count). The predicted octanol–water partition coefficient (Wildman–Crippen LogP) is 4.85.